The third-order valence-electron chi connectivity index (χ3n) is 5.00. The first-order valence-electron chi connectivity index (χ1n) is 8.79. The van der Waals surface area contributed by atoms with Crippen LogP contribution in [-0.4, -0.2) is 51.3 Å². The van der Waals surface area contributed by atoms with Crippen molar-refractivity contribution in [3.05, 3.63) is 59.7 Å². The molecule has 3 heterocycles. The van der Waals surface area contributed by atoms with Gasteiger partial charge in [-0.05, 0) is 19.1 Å². The summed E-state index contributed by atoms with van der Waals surface area (Å²) in [6.45, 7) is 2.35. The van der Waals surface area contributed by atoms with Crippen molar-refractivity contribution in [1.29, 1.82) is 0 Å². The normalized spacial score (nSPS) is 16.8. The Labute approximate surface area is 161 Å². The van der Waals surface area contributed by atoms with Crippen LogP contribution < -0.4 is 0 Å². The molecule has 140 valence electrons. The van der Waals surface area contributed by atoms with Crippen LogP contribution in [0.1, 0.15) is 21.7 Å². The number of thioether (sulfide) groups is 1. The van der Waals surface area contributed by atoms with E-state index in [1.54, 1.807) is 41.1 Å². The lowest BCUT2D eigenvalue weighted by atomic mass is 10.1. The zero-order valence-electron chi connectivity index (χ0n) is 15.3. The highest BCUT2D eigenvalue weighted by molar-refractivity contribution is 7.99. The molecule has 4 rings (SSSR count). The van der Waals surface area contributed by atoms with Crippen LogP contribution in [0.4, 0.5) is 0 Å². The number of rotatable bonds is 4. The van der Waals surface area contributed by atoms with Crippen LogP contribution in [0, 0.1) is 6.92 Å². The van der Waals surface area contributed by atoms with Crippen LogP contribution in [0.2, 0.25) is 0 Å². The Bertz CT molecular complexity index is 993. The molecule has 0 radical (unpaired) electrons. The fourth-order valence-electron chi connectivity index (χ4n) is 3.41. The fourth-order valence-corrected chi connectivity index (χ4v) is 4.56. The number of amides is 2. The van der Waals surface area contributed by atoms with Crippen molar-refractivity contribution in [2.45, 2.75) is 19.5 Å². The predicted molar refractivity (Wildman–Crippen MR) is 106 cm³/mol. The number of nitrogens with zero attached hydrogens (tertiary/aromatic N) is 2. The highest BCUT2D eigenvalue weighted by Crippen LogP contribution is 2.27. The summed E-state index contributed by atoms with van der Waals surface area (Å²) in [6.07, 6.45) is 3.36. The molecule has 2 amide bonds. The lowest BCUT2D eigenvalue weighted by molar-refractivity contribution is -0.134. The Morgan fingerprint density at radius 2 is 2.15 bits per heavy atom. The summed E-state index contributed by atoms with van der Waals surface area (Å²) in [5, 5.41) is 0.882. The van der Waals surface area contributed by atoms with Gasteiger partial charge < -0.3 is 19.2 Å². The number of H-pyrrole nitrogens is 1. The molecule has 27 heavy (non-hydrogen) atoms. The van der Waals surface area contributed by atoms with Gasteiger partial charge in [0.15, 0.2) is 0 Å². The number of benzene rings is 1. The highest BCUT2D eigenvalue weighted by Gasteiger charge is 2.37. The zero-order chi connectivity index (χ0) is 19.0. The Hall–Kier alpha value is -2.67. The maximum absolute atomic E-state index is 13.1. The second-order valence-corrected chi connectivity index (χ2v) is 7.73. The number of furan rings is 1. The number of para-hydroxylation sites is 1. The van der Waals surface area contributed by atoms with Gasteiger partial charge in [-0.25, -0.2) is 0 Å². The number of aryl methyl sites for hydroxylation is 1. The fraction of sp³-hybridized carbons (Fsp3) is 0.300. The number of likely N-dealkylation sites (N-methyl/N-ethyl adjacent to an activating group) is 1. The number of hydrogen-bond donors (Lipinski definition) is 1. The molecular weight excluding hydrogens is 362 g/mol. The Morgan fingerprint density at radius 3 is 2.93 bits per heavy atom. The minimum atomic E-state index is -0.451. The first kappa shape index (κ1) is 17.7. The Balaban J connectivity index is 1.54. The van der Waals surface area contributed by atoms with Crippen molar-refractivity contribution in [2.75, 3.05) is 18.7 Å². The first-order valence-corrected chi connectivity index (χ1v) is 9.94. The van der Waals surface area contributed by atoms with E-state index in [9.17, 15) is 9.59 Å². The van der Waals surface area contributed by atoms with Crippen LogP contribution in [0.3, 0.4) is 0 Å². The lowest BCUT2D eigenvalue weighted by Gasteiger charge is -2.27. The number of carbonyl (C=O) groups is 2. The molecule has 1 aromatic carbocycles. The minimum absolute atomic E-state index is 0.0474. The summed E-state index contributed by atoms with van der Waals surface area (Å²) in [6, 6.07) is 9.12. The van der Waals surface area contributed by atoms with E-state index >= 15 is 0 Å². The third-order valence-corrected chi connectivity index (χ3v) is 6.01. The van der Waals surface area contributed by atoms with Gasteiger partial charge in [0, 0.05) is 42.0 Å². The van der Waals surface area contributed by atoms with Crippen LogP contribution in [-0.2, 0) is 11.3 Å². The van der Waals surface area contributed by atoms with Crippen molar-refractivity contribution < 1.29 is 14.0 Å². The molecule has 3 aromatic rings. The summed E-state index contributed by atoms with van der Waals surface area (Å²) in [4.78, 5) is 32.6. The molecule has 1 aliphatic heterocycles. The minimum Gasteiger partial charge on any atom is -0.469 e. The van der Waals surface area contributed by atoms with Crippen LogP contribution in [0.15, 0.2) is 47.2 Å². The molecule has 1 unspecified atom stereocenters. The zero-order valence-corrected chi connectivity index (χ0v) is 16.1. The largest absolute Gasteiger partial charge is 0.469 e. The van der Waals surface area contributed by atoms with Gasteiger partial charge in [0.1, 0.15) is 11.8 Å². The van der Waals surface area contributed by atoms with E-state index in [1.165, 1.54) is 0 Å². The summed E-state index contributed by atoms with van der Waals surface area (Å²) in [5.41, 5.74) is 2.51. The summed E-state index contributed by atoms with van der Waals surface area (Å²) < 4.78 is 5.31. The average Bonchev–Trinajstić information content (AvgIpc) is 3.40. The van der Waals surface area contributed by atoms with Crippen molar-refractivity contribution in [1.82, 2.24) is 14.8 Å². The van der Waals surface area contributed by atoms with Crippen molar-refractivity contribution in [3.63, 3.8) is 0 Å². The van der Waals surface area contributed by atoms with E-state index in [0.717, 1.165) is 22.2 Å². The van der Waals surface area contributed by atoms with E-state index in [-0.39, 0.29) is 11.8 Å². The predicted octanol–water partition coefficient (Wildman–Crippen LogP) is 3.24. The molecule has 1 atom stereocenters. The van der Waals surface area contributed by atoms with Crippen molar-refractivity contribution in [2.24, 2.45) is 0 Å². The number of fused-ring (bicyclic) bond motifs is 1. The van der Waals surface area contributed by atoms with Gasteiger partial charge >= 0.3 is 0 Å². The molecule has 0 saturated carbocycles. The highest BCUT2D eigenvalue weighted by atomic mass is 32.2. The molecule has 1 saturated heterocycles. The second kappa shape index (κ2) is 7.15. The third kappa shape index (κ3) is 3.23. The van der Waals surface area contributed by atoms with Gasteiger partial charge in [0.2, 0.25) is 5.91 Å². The van der Waals surface area contributed by atoms with Crippen LogP contribution >= 0.6 is 11.8 Å². The molecule has 1 aliphatic rings. The van der Waals surface area contributed by atoms with E-state index in [1.807, 2.05) is 37.3 Å². The molecule has 1 N–H and O–H groups in total. The Morgan fingerprint density at radius 1 is 1.33 bits per heavy atom. The lowest BCUT2D eigenvalue weighted by Crippen LogP contribution is -2.47. The molecule has 0 bridgehead atoms. The molecule has 7 heteroatoms. The van der Waals surface area contributed by atoms with E-state index in [2.05, 4.69) is 4.98 Å². The smallest absolute Gasteiger partial charge is 0.257 e. The van der Waals surface area contributed by atoms with Gasteiger partial charge in [-0.15, -0.1) is 11.8 Å². The van der Waals surface area contributed by atoms with E-state index < -0.39 is 6.04 Å². The SMILES string of the molecule is Cc1occc1CN(C)C(=O)C1CSCN1C(=O)c1c[nH]c2ccccc12. The number of aromatic amines is 1. The maximum Gasteiger partial charge on any atom is 0.257 e. The summed E-state index contributed by atoms with van der Waals surface area (Å²) >= 11 is 1.61. The number of carbonyl (C=O) groups excluding carboxylic acids is 2. The molecule has 2 aromatic heterocycles. The van der Waals surface area contributed by atoms with Gasteiger partial charge in [-0.2, -0.15) is 0 Å². The van der Waals surface area contributed by atoms with E-state index in [0.29, 0.717) is 23.7 Å². The number of hydrogen-bond acceptors (Lipinski definition) is 4. The molecular formula is C20H21N3O3S. The topological polar surface area (TPSA) is 69.6 Å². The quantitative estimate of drug-likeness (QED) is 0.751. The van der Waals surface area contributed by atoms with Gasteiger partial charge in [-0.3, -0.25) is 9.59 Å². The molecule has 0 spiro atoms. The Kier molecular flexibility index (Phi) is 4.70. The summed E-state index contributed by atoms with van der Waals surface area (Å²) in [7, 11) is 1.77. The molecule has 1 fully saturated rings. The van der Waals surface area contributed by atoms with Crippen molar-refractivity contribution >= 4 is 34.5 Å². The summed E-state index contributed by atoms with van der Waals surface area (Å²) in [5.74, 6) is 1.79. The maximum atomic E-state index is 13.1. The standard InChI is InChI=1S/C20H21N3O3S/c1-13-14(7-8-26-13)10-22(2)20(25)18-11-27-12-23(18)19(24)16-9-21-17-6-4-3-5-15(16)17/h3-9,18,21H,10-12H2,1-2H3. The van der Waals surface area contributed by atoms with Crippen molar-refractivity contribution in [3.8, 4) is 0 Å². The van der Waals surface area contributed by atoms with Gasteiger partial charge in [0.05, 0.1) is 17.7 Å². The van der Waals surface area contributed by atoms with Crippen LogP contribution in [0.25, 0.3) is 10.9 Å². The monoisotopic (exact) mass is 383 g/mol. The molecule has 0 aliphatic carbocycles. The average molecular weight is 383 g/mol. The first-order chi connectivity index (χ1) is 13.1. The van der Waals surface area contributed by atoms with E-state index in [4.69, 9.17) is 4.42 Å². The van der Waals surface area contributed by atoms with Gasteiger partial charge in [0.25, 0.3) is 5.91 Å². The molecule has 6 nitrogen and oxygen atoms in total. The van der Waals surface area contributed by atoms with Gasteiger partial charge in [-0.1, -0.05) is 18.2 Å². The van der Waals surface area contributed by atoms with Crippen LogP contribution in [0.5, 0.6) is 0 Å². The number of nitrogens with one attached hydrogen (secondary N) is 1. The second-order valence-electron chi connectivity index (χ2n) is 6.73. The number of aromatic nitrogens is 1.